The van der Waals surface area contributed by atoms with Gasteiger partial charge in [-0.15, -0.1) is 0 Å². The summed E-state index contributed by atoms with van der Waals surface area (Å²) in [5, 5.41) is 0. The molecule has 1 atom stereocenters. The predicted octanol–water partition coefficient (Wildman–Crippen LogP) is 2.21. The zero-order valence-corrected chi connectivity index (χ0v) is 8.91. The lowest BCUT2D eigenvalue weighted by atomic mass is 10.1. The molecule has 1 aliphatic rings. The Bertz CT molecular complexity index is 379. The lowest BCUT2D eigenvalue weighted by Gasteiger charge is -2.05. The van der Waals surface area contributed by atoms with Gasteiger partial charge in [0.2, 0.25) is 0 Å². The molecular formula is C11H12ClNO2. The van der Waals surface area contributed by atoms with Gasteiger partial charge in [0.1, 0.15) is 24.7 Å². The van der Waals surface area contributed by atoms with Crippen molar-refractivity contribution in [3.63, 3.8) is 0 Å². The summed E-state index contributed by atoms with van der Waals surface area (Å²) in [6, 6.07) is 5.66. The minimum absolute atomic E-state index is 0.0169. The molecule has 4 heteroatoms. The highest BCUT2D eigenvalue weighted by atomic mass is 35.5. The van der Waals surface area contributed by atoms with E-state index in [-0.39, 0.29) is 6.04 Å². The van der Waals surface area contributed by atoms with Crippen molar-refractivity contribution in [3.05, 3.63) is 35.4 Å². The van der Waals surface area contributed by atoms with Gasteiger partial charge in [-0.3, -0.25) is 0 Å². The SMILES string of the molecule is NC1COc2cc(OCC=CCl)ccc21. The Hall–Kier alpha value is -1.19. The smallest absolute Gasteiger partial charge is 0.127 e. The number of halogens is 1. The van der Waals surface area contributed by atoms with Crippen molar-refractivity contribution in [1.82, 2.24) is 0 Å². The first-order valence-corrected chi connectivity index (χ1v) is 5.15. The first-order chi connectivity index (χ1) is 7.31. The third-order valence-electron chi connectivity index (χ3n) is 2.24. The van der Waals surface area contributed by atoms with Crippen LogP contribution in [0.3, 0.4) is 0 Å². The molecule has 80 valence electrons. The molecule has 15 heavy (non-hydrogen) atoms. The summed E-state index contributed by atoms with van der Waals surface area (Å²) < 4.78 is 10.8. The summed E-state index contributed by atoms with van der Waals surface area (Å²) in [6.07, 6.45) is 1.72. The third kappa shape index (κ3) is 2.25. The lowest BCUT2D eigenvalue weighted by Crippen LogP contribution is -2.10. The molecule has 0 spiro atoms. The van der Waals surface area contributed by atoms with Crippen LogP contribution in [0.5, 0.6) is 11.5 Å². The van der Waals surface area contributed by atoms with E-state index in [1.807, 2.05) is 18.2 Å². The second kappa shape index (κ2) is 4.55. The van der Waals surface area contributed by atoms with Crippen LogP contribution in [0.2, 0.25) is 0 Å². The van der Waals surface area contributed by atoms with Crippen LogP contribution in [-0.2, 0) is 0 Å². The molecule has 1 aromatic rings. The van der Waals surface area contributed by atoms with Crippen LogP contribution in [0.4, 0.5) is 0 Å². The van der Waals surface area contributed by atoms with E-state index >= 15 is 0 Å². The second-order valence-corrected chi connectivity index (χ2v) is 3.54. The van der Waals surface area contributed by atoms with Crippen LogP contribution in [0, 0.1) is 0 Å². The van der Waals surface area contributed by atoms with Gasteiger partial charge in [0, 0.05) is 17.2 Å². The fourth-order valence-electron chi connectivity index (χ4n) is 1.49. The average molecular weight is 226 g/mol. The summed E-state index contributed by atoms with van der Waals surface area (Å²) in [5.74, 6) is 1.58. The normalized spacial score (nSPS) is 18.9. The molecule has 0 amide bonds. The molecule has 1 aliphatic heterocycles. The molecular weight excluding hydrogens is 214 g/mol. The van der Waals surface area contributed by atoms with Gasteiger partial charge < -0.3 is 15.2 Å². The molecule has 3 nitrogen and oxygen atoms in total. The quantitative estimate of drug-likeness (QED) is 0.858. The number of benzene rings is 1. The zero-order chi connectivity index (χ0) is 10.7. The Morgan fingerprint density at radius 1 is 1.60 bits per heavy atom. The first kappa shape index (κ1) is 10.3. The van der Waals surface area contributed by atoms with Crippen molar-refractivity contribution in [2.75, 3.05) is 13.2 Å². The molecule has 2 N–H and O–H groups in total. The fourth-order valence-corrected chi connectivity index (χ4v) is 1.56. The van der Waals surface area contributed by atoms with E-state index in [4.69, 9.17) is 26.8 Å². The van der Waals surface area contributed by atoms with E-state index in [9.17, 15) is 0 Å². The van der Waals surface area contributed by atoms with E-state index in [2.05, 4.69) is 0 Å². The van der Waals surface area contributed by atoms with Gasteiger partial charge in [0.05, 0.1) is 6.04 Å². The zero-order valence-electron chi connectivity index (χ0n) is 8.15. The lowest BCUT2D eigenvalue weighted by molar-refractivity contribution is 0.328. The number of ether oxygens (including phenoxy) is 2. The van der Waals surface area contributed by atoms with Gasteiger partial charge in [0.15, 0.2) is 0 Å². The van der Waals surface area contributed by atoms with E-state index in [0.717, 1.165) is 17.1 Å². The van der Waals surface area contributed by atoms with Crippen molar-refractivity contribution in [1.29, 1.82) is 0 Å². The Labute approximate surface area is 93.4 Å². The van der Waals surface area contributed by atoms with Crippen molar-refractivity contribution >= 4 is 11.6 Å². The van der Waals surface area contributed by atoms with E-state index in [0.29, 0.717) is 13.2 Å². The minimum atomic E-state index is -0.0169. The van der Waals surface area contributed by atoms with Crippen LogP contribution in [0.1, 0.15) is 11.6 Å². The summed E-state index contributed by atoms with van der Waals surface area (Å²) in [5.41, 5.74) is 8.29. The second-order valence-electron chi connectivity index (χ2n) is 3.29. The molecule has 0 aliphatic carbocycles. The van der Waals surface area contributed by atoms with Gasteiger partial charge in [-0.1, -0.05) is 11.6 Å². The van der Waals surface area contributed by atoms with Gasteiger partial charge in [-0.05, 0) is 18.2 Å². The molecule has 0 saturated carbocycles. The molecule has 1 heterocycles. The number of hydrogen-bond donors (Lipinski definition) is 1. The molecule has 1 unspecified atom stereocenters. The Kier molecular flexibility index (Phi) is 3.14. The van der Waals surface area contributed by atoms with E-state index < -0.39 is 0 Å². The molecule has 0 radical (unpaired) electrons. The maximum absolute atomic E-state index is 5.82. The van der Waals surface area contributed by atoms with E-state index in [1.165, 1.54) is 5.54 Å². The maximum atomic E-state index is 5.82. The predicted molar refractivity (Wildman–Crippen MR) is 59.4 cm³/mol. The Balaban J connectivity index is 2.09. The highest BCUT2D eigenvalue weighted by Gasteiger charge is 2.20. The van der Waals surface area contributed by atoms with Crippen LogP contribution in [-0.4, -0.2) is 13.2 Å². The van der Waals surface area contributed by atoms with Gasteiger partial charge >= 0.3 is 0 Å². The topological polar surface area (TPSA) is 44.5 Å². The molecule has 0 fully saturated rings. The molecule has 0 saturated heterocycles. The van der Waals surface area contributed by atoms with Crippen LogP contribution < -0.4 is 15.2 Å². The number of nitrogens with two attached hydrogens (primary N) is 1. The molecule has 1 aromatic carbocycles. The van der Waals surface area contributed by atoms with Crippen molar-refractivity contribution in [3.8, 4) is 11.5 Å². The highest BCUT2D eigenvalue weighted by Crippen LogP contribution is 2.33. The van der Waals surface area contributed by atoms with Gasteiger partial charge in [0.25, 0.3) is 0 Å². The van der Waals surface area contributed by atoms with Crippen molar-refractivity contribution in [2.24, 2.45) is 5.73 Å². The standard InChI is InChI=1S/C11H12ClNO2/c12-4-1-5-14-8-2-3-9-10(13)7-15-11(9)6-8/h1-4,6,10H,5,7,13H2. The summed E-state index contributed by atoms with van der Waals surface area (Å²) in [4.78, 5) is 0. The number of fused-ring (bicyclic) bond motifs is 1. The largest absolute Gasteiger partial charge is 0.491 e. The number of hydrogen-bond acceptors (Lipinski definition) is 3. The molecule has 0 bridgehead atoms. The van der Waals surface area contributed by atoms with Crippen LogP contribution in [0.15, 0.2) is 29.8 Å². The Morgan fingerprint density at radius 3 is 3.27 bits per heavy atom. The Morgan fingerprint density at radius 2 is 2.47 bits per heavy atom. The molecule has 0 aromatic heterocycles. The molecule has 2 rings (SSSR count). The summed E-state index contributed by atoms with van der Waals surface area (Å²) in [7, 11) is 0. The monoisotopic (exact) mass is 225 g/mol. The first-order valence-electron chi connectivity index (χ1n) is 4.71. The third-order valence-corrected chi connectivity index (χ3v) is 2.42. The number of rotatable bonds is 3. The van der Waals surface area contributed by atoms with Crippen LogP contribution in [0.25, 0.3) is 0 Å². The van der Waals surface area contributed by atoms with E-state index in [1.54, 1.807) is 6.08 Å². The minimum Gasteiger partial charge on any atom is -0.491 e. The van der Waals surface area contributed by atoms with Gasteiger partial charge in [-0.2, -0.15) is 0 Å². The van der Waals surface area contributed by atoms with Crippen molar-refractivity contribution < 1.29 is 9.47 Å². The average Bonchev–Trinajstić information content (AvgIpc) is 2.61. The van der Waals surface area contributed by atoms with Crippen molar-refractivity contribution in [2.45, 2.75) is 6.04 Å². The maximum Gasteiger partial charge on any atom is 0.127 e. The summed E-state index contributed by atoms with van der Waals surface area (Å²) >= 11 is 5.38. The fraction of sp³-hybridized carbons (Fsp3) is 0.273. The van der Waals surface area contributed by atoms with Gasteiger partial charge in [-0.25, -0.2) is 0 Å². The van der Waals surface area contributed by atoms with Crippen LogP contribution >= 0.6 is 11.6 Å². The highest BCUT2D eigenvalue weighted by molar-refractivity contribution is 6.25. The summed E-state index contributed by atoms with van der Waals surface area (Å²) in [6.45, 7) is 0.995.